The van der Waals surface area contributed by atoms with E-state index in [1.807, 2.05) is 19.1 Å². The molecule has 0 radical (unpaired) electrons. The Bertz CT molecular complexity index is 1390. The molecule has 1 amide bonds. The fourth-order valence-corrected chi connectivity index (χ4v) is 4.09. The van der Waals surface area contributed by atoms with Gasteiger partial charge in [-0.2, -0.15) is 5.10 Å². The number of hydrazone groups is 1. The first-order valence-electron chi connectivity index (χ1n) is 11.2. The van der Waals surface area contributed by atoms with E-state index < -0.39 is 23.2 Å². The number of hydrogen-bond acceptors (Lipinski definition) is 7. The van der Waals surface area contributed by atoms with Gasteiger partial charge < -0.3 is 14.6 Å². The number of ether oxygens (including phenoxy) is 2. The van der Waals surface area contributed by atoms with Crippen molar-refractivity contribution in [3.8, 4) is 23.1 Å². The van der Waals surface area contributed by atoms with Crippen molar-refractivity contribution in [3.63, 3.8) is 0 Å². The number of nitrogens with one attached hydrogen (secondary N) is 1. The topological polar surface area (TPSA) is 126 Å². The summed E-state index contributed by atoms with van der Waals surface area (Å²) in [6.07, 6.45) is 0.369. The number of methoxy groups -OCH3 is 1. The summed E-state index contributed by atoms with van der Waals surface area (Å²) in [7, 11) is 1.43. The van der Waals surface area contributed by atoms with E-state index in [-0.39, 0.29) is 35.7 Å². The van der Waals surface area contributed by atoms with E-state index in [1.54, 1.807) is 43.3 Å². The zero-order valence-corrected chi connectivity index (χ0v) is 19.6. The molecule has 3 aromatic rings. The molecule has 0 bridgehead atoms. The number of amides is 1. The van der Waals surface area contributed by atoms with Gasteiger partial charge in [0.25, 0.3) is 5.56 Å². The molecule has 35 heavy (non-hydrogen) atoms. The van der Waals surface area contributed by atoms with Crippen molar-refractivity contribution in [1.29, 1.82) is 0 Å². The third-order valence-corrected chi connectivity index (χ3v) is 5.74. The van der Waals surface area contributed by atoms with Crippen LogP contribution in [0.15, 0.2) is 63.2 Å². The van der Waals surface area contributed by atoms with Gasteiger partial charge in [-0.3, -0.25) is 14.6 Å². The SMILES string of the molecule is CCOc1ccc([C@@H]2CC(c3c(O)n(-c4ccccc4OC)c(=O)[nH]c3=O)=NN2C(=O)CC)cc1. The highest BCUT2D eigenvalue weighted by Crippen LogP contribution is 2.35. The molecule has 2 aromatic carbocycles. The Morgan fingerprint density at radius 2 is 1.86 bits per heavy atom. The fraction of sp³-hybridized carbons (Fsp3) is 0.280. The highest BCUT2D eigenvalue weighted by atomic mass is 16.5. The second kappa shape index (κ2) is 9.88. The standard InChI is InChI=1S/C25H26N4O6/c1-4-21(30)29-19(15-10-12-16(13-11-15)35-5-2)14-17(27-29)22-23(31)26-25(33)28(24(22)32)18-8-6-7-9-20(18)34-3/h6-13,19,32H,4-5,14H2,1-3H3,(H,26,31,33)/t19-/m0/s1. The molecule has 10 heteroatoms. The van der Waals surface area contributed by atoms with Gasteiger partial charge >= 0.3 is 5.69 Å². The van der Waals surface area contributed by atoms with Gasteiger partial charge in [0.1, 0.15) is 17.1 Å². The van der Waals surface area contributed by atoms with Gasteiger partial charge in [-0.25, -0.2) is 14.4 Å². The number of aromatic hydroxyl groups is 1. The van der Waals surface area contributed by atoms with Gasteiger partial charge in [-0.15, -0.1) is 0 Å². The Balaban J connectivity index is 1.81. The van der Waals surface area contributed by atoms with E-state index >= 15 is 0 Å². The first kappa shape index (κ1) is 23.8. The predicted molar refractivity (Wildman–Crippen MR) is 130 cm³/mol. The van der Waals surface area contributed by atoms with Gasteiger partial charge in [-0.1, -0.05) is 31.2 Å². The number of para-hydroxylation sites is 2. The molecule has 1 aromatic heterocycles. The van der Waals surface area contributed by atoms with Crippen LogP contribution < -0.4 is 20.7 Å². The molecule has 0 aliphatic carbocycles. The van der Waals surface area contributed by atoms with E-state index in [1.165, 1.54) is 12.1 Å². The third-order valence-electron chi connectivity index (χ3n) is 5.74. The second-order valence-corrected chi connectivity index (χ2v) is 7.83. The number of hydrogen-bond donors (Lipinski definition) is 2. The normalized spacial score (nSPS) is 15.1. The van der Waals surface area contributed by atoms with E-state index in [0.717, 1.165) is 10.1 Å². The third kappa shape index (κ3) is 4.42. The molecule has 0 spiro atoms. The van der Waals surface area contributed by atoms with Crippen molar-refractivity contribution in [3.05, 3.63) is 80.5 Å². The lowest BCUT2D eigenvalue weighted by Crippen LogP contribution is -2.33. The molecular weight excluding hydrogens is 452 g/mol. The monoisotopic (exact) mass is 478 g/mol. The molecule has 0 saturated carbocycles. The molecule has 2 N–H and O–H groups in total. The van der Waals surface area contributed by atoms with E-state index in [4.69, 9.17) is 9.47 Å². The van der Waals surface area contributed by atoms with Crippen LogP contribution in [0, 0.1) is 0 Å². The van der Waals surface area contributed by atoms with Crippen molar-refractivity contribution < 1.29 is 19.4 Å². The molecule has 1 atom stereocenters. The Labute approximate surface area is 201 Å². The number of benzene rings is 2. The van der Waals surface area contributed by atoms with Gasteiger partial charge in [0, 0.05) is 12.8 Å². The summed E-state index contributed by atoms with van der Waals surface area (Å²) in [5.74, 6) is 0.194. The van der Waals surface area contributed by atoms with Crippen LogP contribution in [0.25, 0.3) is 5.69 Å². The molecule has 0 saturated heterocycles. The van der Waals surface area contributed by atoms with Crippen molar-refractivity contribution in [2.45, 2.75) is 32.7 Å². The smallest absolute Gasteiger partial charge is 0.335 e. The van der Waals surface area contributed by atoms with Crippen molar-refractivity contribution in [1.82, 2.24) is 14.6 Å². The quantitative estimate of drug-likeness (QED) is 0.538. The fourth-order valence-electron chi connectivity index (χ4n) is 4.09. The first-order chi connectivity index (χ1) is 16.9. The number of nitrogens with zero attached hydrogens (tertiary/aromatic N) is 3. The van der Waals surface area contributed by atoms with Crippen LogP contribution in [0.5, 0.6) is 17.4 Å². The average Bonchev–Trinajstić information content (AvgIpc) is 3.29. The maximum absolute atomic E-state index is 12.8. The van der Waals surface area contributed by atoms with Crippen LogP contribution in [0.3, 0.4) is 0 Å². The summed E-state index contributed by atoms with van der Waals surface area (Å²) in [5.41, 5.74) is -0.579. The highest BCUT2D eigenvalue weighted by Gasteiger charge is 2.35. The van der Waals surface area contributed by atoms with Gasteiger partial charge in [0.2, 0.25) is 11.8 Å². The highest BCUT2D eigenvalue weighted by molar-refractivity contribution is 6.04. The summed E-state index contributed by atoms with van der Waals surface area (Å²) in [4.78, 5) is 40.5. The van der Waals surface area contributed by atoms with Gasteiger partial charge in [0.05, 0.1) is 31.2 Å². The Hall–Kier alpha value is -4.34. The molecule has 2 heterocycles. The van der Waals surface area contributed by atoms with Crippen molar-refractivity contribution in [2.75, 3.05) is 13.7 Å². The van der Waals surface area contributed by atoms with E-state index in [9.17, 15) is 19.5 Å². The summed E-state index contributed by atoms with van der Waals surface area (Å²) in [5, 5.41) is 16.8. The zero-order valence-electron chi connectivity index (χ0n) is 19.6. The summed E-state index contributed by atoms with van der Waals surface area (Å²) < 4.78 is 11.8. The van der Waals surface area contributed by atoms with E-state index in [2.05, 4.69) is 10.1 Å². The maximum atomic E-state index is 12.8. The Kier molecular flexibility index (Phi) is 6.72. The van der Waals surface area contributed by atoms with Crippen LogP contribution in [-0.2, 0) is 4.79 Å². The lowest BCUT2D eigenvalue weighted by molar-refractivity contribution is -0.132. The van der Waals surface area contributed by atoms with Crippen LogP contribution in [-0.4, -0.2) is 45.0 Å². The predicted octanol–water partition coefficient (Wildman–Crippen LogP) is 2.73. The molecule has 10 nitrogen and oxygen atoms in total. The average molecular weight is 479 g/mol. The molecule has 182 valence electrons. The van der Waals surface area contributed by atoms with Crippen molar-refractivity contribution >= 4 is 11.6 Å². The lowest BCUT2D eigenvalue weighted by atomic mass is 9.99. The molecule has 1 aliphatic heterocycles. The number of carbonyl (C=O) groups excluding carboxylic acids is 1. The van der Waals surface area contributed by atoms with Crippen LogP contribution in [0.4, 0.5) is 0 Å². The van der Waals surface area contributed by atoms with Crippen LogP contribution in [0.1, 0.15) is 43.9 Å². The minimum absolute atomic E-state index is 0.167. The second-order valence-electron chi connectivity index (χ2n) is 7.83. The summed E-state index contributed by atoms with van der Waals surface area (Å²) >= 11 is 0. The first-order valence-corrected chi connectivity index (χ1v) is 11.2. The van der Waals surface area contributed by atoms with Crippen molar-refractivity contribution in [2.24, 2.45) is 5.10 Å². The number of H-pyrrole nitrogens is 1. The summed E-state index contributed by atoms with van der Waals surface area (Å²) in [6.45, 7) is 4.14. The number of rotatable bonds is 7. The molecule has 0 unspecified atom stereocenters. The Morgan fingerprint density at radius 1 is 1.14 bits per heavy atom. The number of aromatic amines is 1. The molecule has 0 fully saturated rings. The molecule has 1 aliphatic rings. The molecule has 4 rings (SSSR count). The summed E-state index contributed by atoms with van der Waals surface area (Å²) in [6, 6.07) is 13.4. The lowest BCUT2D eigenvalue weighted by Gasteiger charge is -2.21. The van der Waals surface area contributed by atoms with Gasteiger partial charge in [0.15, 0.2) is 0 Å². The van der Waals surface area contributed by atoms with Gasteiger partial charge in [-0.05, 0) is 36.8 Å². The minimum Gasteiger partial charge on any atom is -0.495 e. The van der Waals surface area contributed by atoms with E-state index in [0.29, 0.717) is 18.1 Å². The van der Waals surface area contributed by atoms with Crippen LogP contribution >= 0.6 is 0 Å². The minimum atomic E-state index is -0.830. The van der Waals surface area contributed by atoms with Crippen LogP contribution in [0.2, 0.25) is 0 Å². The maximum Gasteiger partial charge on any atom is 0.335 e. The zero-order chi connectivity index (χ0) is 25.1. The number of aromatic nitrogens is 2. The Morgan fingerprint density at radius 3 is 2.51 bits per heavy atom. The number of carbonyl (C=O) groups is 1. The molecular formula is C25H26N4O6. The largest absolute Gasteiger partial charge is 0.495 e.